The summed E-state index contributed by atoms with van der Waals surface area (Å²) in [5.41, 5.74) is 0.842. The van der Waals surface area contributed by atoms with E-state index in [-0.39, 0.29) is 34.5 Å². The van der Waals surface area contributed by atoms with E-state index >= 15 is 4.39 Å². The maximum absolute atomic E-state index is 15.1. The predicted molar refractivity (Wildman–Crippen MR) is 128 cm³/mol. The van der Waals surface area contributed by atoms with E-state index in [0.717, 1.165) is 5.39 Å². The fraction of sp³-hybridized carbons (Fsp3) is 0.0385. The number of benzene rings is 2. The molecule has 0 saturated heterocycles. The zero-order valence-corrected chi connectivity index (χ0v) is 18.0. The third kappa shape index (κ3) is 3.17. The number of rotatable bonds is 4. The average Bonchev–Trinajstić information content (AvgIpc) is 3.43. The van der Waals surface area contributed by atoms with Crippen LogP contribution in [0.25, 0.3) is 43.9 Å². The number of carboxylic acids is 1. The van der Waals surface area contributed by atoms with Crippen molar-refractivity contribution >= 4 is 38.7 Å². The molecule has 0 atom stereocenters. The second-order valence-electron chi connectivity index (χ2n) is 8.18. The highest BCUT2D eigenvalue weighted by Crippen LogP contribution is 2.39. The summed E-state index contributed by atoms with van der Waals surface area (Å²) in [6.07, 6.45) is 2.94. The van der Waals surface area contributed by atoms with Gasteiger partial charge in [0.2, 0.25) is 5.56 Å². The molecule has 9 heteroatoms. The summed E-state index contributed by atoms with van der Waals surface area (Å²) in [6, 6.07) is 14.0. The highest BCUT2D eigenvalue weighted by molar-refractivity contribution is 6.17. The maximum atomic E-state index is 15.1. The number of nitrogens with zero attached hydrogens (tertiary/aromatic N) is 1. The molecule has 0 saturated carbocycles. The smallest absolute Gasteiger partial charge is 0.353 e. The van der Waals surface area contributed by atoms with Crippen molar-refractivity contribution in [2.24, 2.45) is 0 Å². The van der Waals surface area contributed by atoms with E-state index in [9.17, 15) is 19.5 Å². The lowest BCUT2D eigenvalue weighted by Crippen LogP contribution is -2.14. The van der Waals surface area contributed by atoms with Gasteiger partial charge in [0, 0.05) is 39.7 Å². The molecule has 2 aromatic carbocycles. The summed E-state index contributed by atoms with van der Waals surface area (Å²) < 4.78 is 22.3. The van der Waals surface area contributed by atoms with Gasteiger partial charge in [-0.3, -0.25) is 9.59 Å². The molecule has 3 N–H and O–H groups in total. The SMILES string of the molecule is O=C(O)c1c(-c2ccc[nH]c2=O)c2c3occc3ccc2n1Cc1cc2[nH]c(=O)ccc2cc1F. The number of aromatic carboxylic acids is 1. The molecule has 0 aliphatic carbocycles. The van der Waals surface area contributed by atoms with Crippen molar-refractivity contribution in [1.29, 1.82) is 0 Å². The van der Waals surface area contributed by atoms with Gasteiger partial charge < -0.3 is 24.1 Å². The molecule has 0 amide bonds. The number of fused-ring (bicyclic) bond motifs is 4. The Morgan fingerprint density at radius 1 is 1.06 bits per heavy atom. The Balaban J connectivity index is 1.70. The molecule has 0 spiro atoms. The van der Waals surface area contributed by atoms with Crippen molar-refractivity contribution in [3.63, 3.8) is 0 Å². The van der Waals surface area contributed by atoms with Crippen LogP contribution >= 0.6 is 0 Å². The molecule has 0 fully saturated rings. The standard InChI is InChI=1S/C26H16FN3O5/c27-17-10-14-4-6-20(31)29-18(14)11-15(17)12-30-19-5-3-13-7-9-35-24(13)22(19)21(23(30)26(33)34)16-2-1-8-28-25(16)32/h1-11H,12H2,(H,28,32)(H,29,31)(H,33,34). The topological polar surface area (TPSA) is 121 Å². The van der Waals surface area contributed by atoms with Crippen LogP contribution in [0.1, 0.15) is 16.1 Å². The quantitative estimate of drug-likeness (QED) is 0.352. The molecule has 0 radical (unpaired) electrons. The number of nitrogens with one attached hydrogen (secondary N) is 2. The number of aromatic amines is 2. The second kappa shape index (κ2) is 7.56. The van der Waals surface area contributed by atoms with Gasteiger partial charge in [-0.1, -0.05) is 0 Å². The molecule has 172 valence electrons. The van der Waals surface area contributed by atoms with E-state index in [1.54, 1.807) is 24.3 Å². The van der Waals surface area contributed by atoms with Crippen LogP contribution in [0.2, 0.25) is 0 Å². The van der Waals surface area contributed by atoms with Gasteiger partial charge in [0.25, 0.3) is 5.56 Å². The van der Waals surface area contributed by atoms with Gasteiger partial charge in [-0.05, 0) is 48.5 Å². The minimum absolute atomic E-state index is 0.154. The predicted octanol–water partition coefficient (Wildman–Crippen LogP) is 4.47. The molecule has 0 bridgehead atoms. The first-order chi connectivity index (χ1) is 16.9. The van der Waals surface area contributed by atoms with E-state index < -0.39 is 17.3 Å². The van der Waals surface area contributed by atoms with Gasteiger partial charge >= 0.3 is 5.97 Å². The minimum Gasteiger partial charge on any atom is -0.477 e. The van der Waals surface area contributed by atoms with Crippen LogP contribution < -0.4 is 11.1 Å². The molecule has 6 rings (SSSR count). The number of pyridine rings is 2. The summed E-state index contributed by atoms with van der Waals surface area (Å²) in [6.45, 7) is -0.159. The van der Waals surface area contributed by atoms with Crippen molar-refractivity contribution in [3.05, 3.63) is 105 Å². The van der Waals surface area contributed by atoms with Crippen molar-refractivity contribution < 1.29 is 18.7 Å². The van der Waals surface area contributed by atoms with Gasteiger partial charge in [-0.25, -0.2) is 9.18 Å². The van der Waals surface area contributed by atoms with E-state index in [1.165, 1.54) is 47.4 Å². The van der Waals surface area contributed by atoms with Gasteiger partial charge in [0.1, 0.15) is 17.1 Å². The van der Waals surface area contributed by atoms with Gasteiger partial charge in [0.05, 0.1) is 29.3 Å². The zero-order valence-electron chi connectivity index (χ0n) is 18.0. The first-order valence-electron chi connectivity index (χ1n) is 10.7. The number of aromatic nitrogens is 3. The summed E-state index contributed by atoms with van der Waals surface area (Å²) in [4.78, 5) is 42.4. The van der Waals surface area contributed by atoms with Crippen molar-refractivity contribution in [2.75, 3.05) is 0 Å². The Labute approximate surface area is 194 Å². The normalized spacial score (nSPS) is 11.6. The highest BCUT2D eigenvalue weighted by Gasteiger charge is 2.28. The average molecular weight is 469 g/mol. The van der Waals surface area contributed by atoms with Crippen LogP contribution in [0.5, 0.6) is 0 Å². The molecule has 6 aromatic rings. The molecular formula is C26H16FN3O5. The summed E-state index contributed by atoms with van der Waals surface area (Å²) >= 11 is 0. The fourth-order valence-electron chi connectivity index (χ4n) is 4.64. The minimum atomic E-state index is -1.28. The Bertz CT molecular complexity index is 1930. The lowest BCUT2D eigenvalue weighted by atomic mass is 10.0. The Hall–Kier alpha value is -4.92. The molecule has 35 heavy (non-hydrogen) atoms. The first-order valence-corrected chi connectivity index (χ1v) is 10.7. The lowest BCUT2D eigenvalue weighted by Gasteiger charge is -2.11. The number of carboxylic acid groups (broad SMARTS) is 1. The molecule has 4 aromatic heterocycles. The Morgan fingerprint density at radius 2 is 1.89 bits per heavy atom. The number of hydrogen-bond donors (Lipinski definition) is 3. The monoisotopic (exact) mass is 469 g/mol. The van der Waals surface area contributed by atoms with Crippen molar-refractivity contribution in [3.8, 4) is 11.1 Å². The second-order valence-corrected chi connectivity index (χ2v) is 8.18. The molecule has 0 aliphatic heterocycles. The largest absolute Gasteiger partial charge is 0.477 e. The number of carbonyl (C=O) groups is 1. The fourth-order valence-corrected chi connectivity index (χ4v) is 4.64. The number of furan rings is 1. The highest BCUT2D eigenvalue weighted by atomic mass is 19.1. The summed E-state index contributed by atoms with van der Waals surface area (Å²) in [7, 11) is 0. The van der Waals surface area contributed by atoms with Crippen LogP contribution in [0, 0.1) is 5.82 Å². The maximum Gasteiger partial charge on any atom is 0.353 e. The van der Waals surface area contributed by atoms with Crippen LogP contribution in [-0.2, 0) is 6.54 Å². The molecular weight excluding hydrogens is 453 g/mol. The van der Waals surface area contributed by atoms with Crippen LogP contribution in [-0.4, -0.2) is 25.6 Å². The van der Waals surface area contributed by atoms with Crippen molar-refractivity contribution in [2.45, 2.75) is 6.54 Å². The van der Waals surface area contributed by atoms with Crippen LogP contribution in [0.4, 0.5) is 4.39 Å². The molecule has 4 heterocycles. The van der Waals surface area contributed by atoms with E-state index in [2.05, 4.69) is 9.97 Å². The van der Waals surface area contributed by atoms with Gasteiger partial charge in [-0.15, -0.1) is 0 Å². The van der Waals surface area contributed by atoms with Gasteiger partial charge in [-0.2, -0.15) is 0 Å². The van der Waals surface area contributed by atoms with E-state index in [1.807, 2.05) is 0 Å². The Kier molecular flexibility index (Phi) is 4.46. The van der Waals surface area contributed by atoms with Gasteiger partial charge in [0.15, 0.2) is 0 Å². The third-order valence-electron chi connectivity index (χ3n) is 6.16. The molecule has 8 nitrogen and oxygen atoms in total. The Morgan fingerprint density at radius 3 is 2.69 bits per heavy atom. The number of halogens is 1. The lowest BCUT2D eigenvalue weighted by molar-refractivity contribution is 0.0687. The third-order valence-corrected chi connectivity index (χ3v) is 6.16. The van der Waals surface area contributed by atoms with Crippen molar-refractivity contribution in [1.82, 2.24) is 14.5 Å². The van der Waals surface area contributed by atoms with Crippen LogP contribution in [0.15, 0.2) is 81.1 Å². The summed E-state index contributed by atoms with van der Waals surface area (Å²) in [5.74, 6) is -1.84. The number of H-pyrrole nitrogens is 2. The summed E-state index contributed by atoms with van der Waals surface area (Å²) in [5, 5.41) is 12.0. The van der Waals surface area contributed by atoms with E-state index in [0.29, 0.717) is 27.4 Å². The molecule has 0 aliphatic rings. The van der Waals surface area contributed by atoms with Crippen LogP contribution in [0.3, 0.4) is 0 Å². The first kappa shape index (κ1) is 20.7. The zero-order chi connectivity index (χ0) is 24.3. The molecule has 0 unspecified atom stereocenters. The number of hydrogen-bond acceptors (Lipinski definition) is 4. The van der Waals surface area contributed by atoms with E-state index in [4.69, 9.17) is 4.42 Å².